The van der Waals surface area contributed by atoms with Gasteiger partial charge in [0.15, 0.2) is 0 Å². The highest BCUT2D eigenvalue weighted by Crippen LogP contribution is 2.29. The number of hydrogen-bond donors (Lipinski definition) is 3. The van der Waals surface area contributed by atoms with Gasteiger partial charge in [0.05, 0.1) is 5.56 Å². The standard InChI is InChI=1S/C18H16N2O2/c1-11-6-8-13(10-16(11)19)20-18(22)15-9-7-12-4-2-3-5-14(12)17(15)21/h2-10,21H,19H2,1H3,(H,20,22). The van der Waals surface area contributed by atoms with Crippen LogP contribution in [0.1, 0.15) is 15.9 Å². The number of anilines is 2. The van der Waals surface area contributed by atoms with Crippen LogP contribution >= 0.6 is 0 Å². The molecular formula is C18H16N2O2. The number of fused-ring (bicyclic) bond motifs is 1. The van der Waals surface area contributed by atoms with Crippen LogP contribution in [0.5, 0.6) is 5.75 Å². The molecule has 0 atom stereocenters. The summed E-state index contributed by atoms with van der Waals surface area (Å²) in [5.74, 6) is -0.387. The Morgan fingerprint density at radius 3 is 2.64 bits per heavy atom. The van der Waals surface area contributed by atoms with E-state index in [0.717, 1.165) is 10.9 Å². The molecule has 0 fully saturated rings. The topological polar surface area (TPSA) is 75.3 Å². The van der Waals surface area contributed by atoms with E-state index in [9.17, 15) is 9.90 Å². The van der Waals surface area contributed by atoms with Crippen molar-refractivity contribution >= 4 is 28.1 Å². The molecule has 0 aliphatic rings. The number of carbonyl (C=O) groups is 1. The Bertz CT molecular complexity index is 872. The first-order valence-electron chi connectivity index (χ1n) is 6.94. The van der Waals surface area contributed by atoms with Crippen molar-refractivity contribution in [2.75, 3.05) is 11.1 Å². The molecule has 0 heterocycles. The average Bonchev–Trinajstić information content (AvgIpc) is 2.51. The number of amides is 1. The number of aryl methyl sites for hydroxylation is 1. The van der Waals surface area contributed by atoms with Crippen LogP contribution in [0.25, 0.3) is 10.8 Å². The quantitative estimate of drug-likeness (QED) is 0.630. The molecule has 0 saturated heterocycles. The van der Waals surface area contributed by atoms with Gasteiger partial charge in [-0.25, -0.2) is 0 Å². The fourth-order valence-electron chi connectivity index (χ4n) is 2.36. The molecule has 4 heteroatoms. The van der Waals surface area contributed by atoms with Crippen molar-refractivity contribution in [2.24, 2.45) is 0 Å². The van der Waals surface area contributed by atoms with Gasteiger partial charge in [0.2, 0.25) is 0 Å². The number of nitrogens with one attached hydrogen (secondary N) is 1. The molecular weight excluding hydrogens is 276 g/mol. The van der Waals surface area contributed by atoms with Gasteiger partial charge in [0.1, 0.15) is 5.75 Å². The maximum absolute atomic E-state index is 12.4. The molecule has 0 aliphatic heterocycles. The minimum atomic E-state index is -0.369. The number of benzene rings is 3. The SMILES string of the molecule is Cc1ccc(NC(=O)c2ccc3ccccc3c2O)cc1N. The van der Waals surface area contributed by atoms with Crippen molar-refractivity contribution in [3.63, 3.8) is 0 Å². The van der Waals surface area contributed by atoms with E-state index in [0.29, 0.717) is 16.8 Å². The van der Waals surface area contributed by atoms with Gasteiger partial charge in [-0.3, -0.25) is 4.79 Å². The van der Waals surface area contributed by atoms with Gasteiger partial charge in [-0.05, 0) is 36.1 Å². The first kappa shape index (κ1) is 13.9. The number of rotatable bonds is 2. The summed E-state index contributed by atoms with van der Waals surface area (Å²) in [6.45, 7) is 1.90. The van der Waals surface area contributed by atoms with Gasteiger partial charge in [-0.2, -0.15) is 0 Å². The predicted octanol–water partition coefficient (Wildman–Crippen LogP) is 3.69. The number of nitrogens with two attached hydrogens (primary N) is 1. The van der Waals surface area contributed by atoms with Gasteiger partial charge in [-0.15, -0.1) is 0 Å². The van der Waals surface area contributed by atoms with Gasteiger partial charge in [0, 0.05) is 16.8 Å². The summed E-state index contributed by atoms with van der Waals surface area (Å²) in [5, 5.41) is 14.6. The monoisotopic (exact) mass is 292 g/mol. The number of hydrogen-bond acceptors (Lipinski definition) is 3. The highest BCUT2D eigenvalue weighted by molar-refractivity contribution is 6.10. The summed E-state index contributed by atoms with van der Waals surface area (Å²) in [5.41, 5.74) is 8.23. The van der Waals surface area contributed by atoms with E-state index in [1.54, 1.807) is 24.3 Å². The lowest BCUT2D eigenvalue weighted by atomic mass is 10.0. The van der Waals surface area contributed by atoms with Crippen LogP contribution in [0.15, 0.2) is 54.6 Å². The van der Waals surface area contributed by atoms with Gasteiger partial charge in [0.25, 0.3) is 5.91 Å². The lowest BCUT2D eigenvalue weighted by Gasteiger charge is -2.10. The molecule has 0 radical (unpaired) electrons. The van der Waals surface area contributed by atoms with Gasteiger partial charge >= 0.3 is 0 Å². The molecule has 0 bridgehead atoms. The molecule has 22 heavy (non-hydrogen) atoms. The van der Waals surface area contributed by atoms with Crippen LogP contribution in [0.4, 0.5) is 11.4 Å². The summed E-state index contributed by atoms with van der Waals surface area (Å²) in [4.78, 5) is 12.4. The number of nitrogen functional groups attached to an aromatic ring is 1. The lowest BCUT2D eigenvalue weighted by molar-refractivity contribution is 0.102. The van der Waals surface area contributed by atoms with Crippen LogP contribution in [0, 0.1) is 6.92 Å². The summed E-state index contributed by atoms with van der Waals surface area (Å²) >= 11 is 0. The Morgan fingerprint density at radius 2 is 1.86 bits per heavy atom. The first-order chi connectivity index (χ1) is 10.6. The second-order valence-corrected chi connectivity index (χ2v) is 5.21. The number of carbonyl (C=O) groups excluding carboxylic acids is 1. The fourth-order valence-corrected chi connectivity index (χ4v) is 2.36. The van der Waals surface area contributed by atoms with E-state index in [4.69, 9.17) is 5.73 Å². The third kappa shape index (κ3) is 2.46. The average molecular weight is 292 g/mol. The number of phenolic OH excluding ortho intramolecular Hbond substituents is 1. The zero-order valence-corrected chi connectivity index (χ0v) is 12.1. The molecule has 4 N–H and O–H groups in total. The molecule has 4 nitrogen and oxygen atoms in total. The van der Waals surface area contributed by atoms with Crippen molar-refractivity contribution in [1.82, 2.24) is 0 Å². The summed E-state index contributed by atoms with van der Waals surface area (Å²) in [7, 11) is 0. The third-order valence-corrected chi connectivity index (χ3v) is 3.68. The highest BCUT2D eigenvalue weighted by atomic mass is 16.3. The lowest BCUT2D eigenvalue weighted by Crippen LogP contribution is -2.12. The van der Waals surface area contributed by atoms with E-state index in [-0.39, 0.29) is 17.2 Å². The summed E-state index contributed by atoms with van der Waals surface area (Å²) in [6.07, 6.45) is 0. The Labute approximate surface area is 128 Å². The van der Waals surface area contributed by atoms with Crippen LogP contribution in [-0.2, 0) is 0 Å². The molecule has 0 aromatic heterocycles. The van der Waals surface area contributed by atoms with Crippen molar-refractivity contribution in [2.45, 2.75) is 6.92 Å². The highest BCUT2D eigenvalue weighted by Gasteiger charge is 2.14. The molecule has 0 saturated carbocycles. The zero-order valence-electron chi connectivity index (χ0n) is 12.1. The Balaban J connectivity index is 1.95. The molecule has 110 valence electrons. The molecule has 0 unspecified atom stereocenters. The smallest absolute Gasteiger partial charge is 0.259 e. The minimum absolute atomic E-state index is 0.0179. The maximum atomic E-state index is 12.4. The van der Waals surface area contributed by atoms with Gasteiger partial charge in [-0.1, -0.05) is 36.4 Å². The van der Waals surface area contributed by atoms with E-state index in [1.807, 2.05) is 37.3 Å². The van der Waals surface area contributed by atoms with Crippen molar-refractivity contribution in [3.8, 4) is 5.75 Å². The second-order valence-electron chi connectivity index (χ2n) is 5.21. The minimum Gasteiger partial charge on any atom is -0.506 e. The summed E-state index contributed by atoms with van der Waals surface area (Å²) in [6, 6.07) is 16.1. The van der Waals surface area contributed by atoms with E-state index >= 15 is 0 Å². The molecule has 3 aromatic carbocycles. The fraction of sp³-hybridized carbons (Fsp3) is 0.0556. The molecule has 0 spiro atoms. The predicted molar refractivity (Wildman–Crippen MR) is 89.2 cm³/mol. The van der Waals surface area contributed by atoms with Crippen molar-refractivity contribution in [3.05, 3.63) is 65.7 Å². The Kier molecular flexibility index (Phi) is 3.43. The van der Waals surface area contributed by atoms with E-state index in [1.165, 1.54) is 0 Å². The van der Waals surface area contributed by atoms with Crippen molar-refractivity contribution < 1.29 is 9.90 Å². The van der Waals surface area contributed by atoms with Gasteiger partial charge < -0.3 is 16.2 Å². The van der Waals surface area contributed by atoms with E-state index in [2.05, 4.69) is 5.32 Å². The Hall–Kier alpha value is -3.01. The molecule has 0 aliphatic carbocycles. The molecule has 1 amide bonds. The largest absolute Gasteiger partial charge is 0.506 e. The Morgan fingerprint density at radius 1 is 1.09 bits per heavy atom. The maximum Gasteiger partial charge on any atom is 0.259 e. The first-order valence-corrected chi connectivity index (χ1v) is 6.94. The van der Waals surface area contributed by atoms with Crippen molar-refractivity contribution in [1.29, 1.82) is 0 Å². The normalized spacial score (nSPS) is 10.6. The third-order valence-electron chi connectivity index (χ3n) is 3.68. The van der Waals surface area contributed by atoms with E-state index < -0.39 is 0 Å². The number of aromatic hydroxyl groups is 1. The van der Waals surface area contributed by atoms with Crippen LogP contribution in [0.2, 0.25) is 0 Å². The second kappa shape index (κ2) is 5.41. The molecule has 3 rings (SSSR count). The summed E-state index contributed by atoms with van der Waals surface area (Å²) < 4.78 is 0. The zero-order chi connectivity index (χ0) is 15.7. The van der Waals surface area contributed by atoms with Crippen LogP contribution in [-0.4, -0.2) is 11.0 Å². The van der Waals surface area contributed by atoms with Crippen LogP contribution in [0.3, 0.4) is 0 Å². The molecule has 3 aromatic rings. The number of phenols is 1. The van der Waals surface area contributed by atoms with Crippen LogP contribution < -0.4 is 11.1 Å².